The summed E-state index contributed by atoms with van der Waals surface area (Å²) in [4.78, 5) is 38.3. The standard InChI is InChI=1S/C65H126O6/c1-6-8-9-10-11-12-13-30-35-40-45-50-55-63(66)69-58-62(59-70-64(67)56-51-46-41-36-31-26-22-19-18-20-24-28-33-38-43-48-53-60(3)4)71-65(68)57-52-47-42-37-32-27-23-17-15-14-16-21-25-29-34-39-44-49-54-61(5)7-2/h60-62H,6-59H2,1-5H3/t61?,62-/m1/s1. The molecule has 0 aliphatic carbocycles. The number of unbranched alkanes of at least 4 members (excludes halogenated alkanes) is 43. The summed E-state index contributed by atoms with van der Waals surface area (Å²) in [5.74, 6) is 0.931. The molecule has 0 aromatic heterocycles. The number of carbonyl (C=O) groups excluding carboxylic acids is 3. The molecule has 0 rings (SSSR count). The van der Waals surface area contributed by atoms with Crippen LogP contribution in [0.2, 0.25) is 0 Å². The number of rotatable bonds is 59. The minimum atomic E-state index is -0.763. The summed E-state index contributed by atoms with van der Waals surface area (Å²) in [5, 5.41) is 0. The van der Waals surface area contributed by atoms with E-state index in [1.54, 1.807) is 0 Å². The predicted molar refractivity (Wildman–Crippen MR) is 307 cm³/mol. The van der Waals surface area contributed by atoms with Crippen molar-refractivity contribution in [3.8, 4) is 0 Å². The van der Waals surface area contributed by atoms with Gasteiger partial charge in [-0.25, -0.2) is 0 Å². The fourth-order valence-electron chi connectivity index (χ4n) is 10.1. The fourth-order valence-corrected chi connectivity index (χ4v) is 10.1. The van der Waals surface area contributed by atoms with E-state index in [1.165, 1.54) is 257 Å². The van der Waals surface area contributed by atoms with Crippen LogP contribution in [-0.4, -0.2) is 37.2 Å². The van der Waals surface area contributed by atoms with Crippen molar-refractivity contribution in [2.45, 2.75) is 375 Å². The van der Waals surface area contributed by atoms with Crippen LogP contribution in [0.3, 0.4) is 0 Å². The molecular formula is C65H126O6. The maximum Gasteiger partial charge on any atom is 0.306 e. The Morgan fingerprint density at radius 2 is 0.535 bits per heavy atom. The summed E-state index contributed by atoms with van der Waals surface area (Å²) < 4.78 is 16.9. The highest BCUT2D eigenvalue weighted by Gasteiger charge is 2.19. The third-order valence-electron chi connectivity index (χ3n) is 15.3. The van der Waals surface area contributed by atoms with E-state index in [1.807, 2.05) is 0 Å². The molecule has 0 amide bonds. The zero-order valence-electron chi connectivity index (χ0n) is 48.9. The molecule has 0 fully saturated rings. The molecule has 0 heterocycles. The van der Waals surface area contributed by atoms with Crippen LogP contribution >= 0.6 is 0 Å². The largest absolute Gasteiger partial charge is 0.462 e. The van der Waals surface area contributed by atoms with Gasteiger partial charge in [0.1, 0.15) is 13.2 Å². The highest BCUT2D eigenvalue weighted by molar-refractivity contribution is 5.71. The zero-order valence-corrected chi connectivity index (χ0v) is 48.9. The molecule has 2 atom stereocenters. The van der Waals surface area contributed by atoms with Gasteiger partial charge in [-0.15, -0.1) is 0 Å². The second-order valence-corrected chi connectivity index (χ2v) is 23.1. The van der Waals surface area contributed by atoms with Crippen molar-refractivity contribution >= 4 is 17.9 Å². The van der Waals surface area contributed by atoms with Gasteiger partial charge >= 0.3 is 17.9 Å². The summed E-state index contributed by atoms with van der Waals surface area (Å²) in [6.07, 6.45) is 63.9. The van der Waals surface area contributed by atoms with E-state index < -0.39 is 6.10 Å². The van der Waals surface area contributed by atoms with E-state index in [2.05, 4.69) is 34.6 Å². The van der Waals surface area contributed by atoms with Crippen molar-refractivity contribution < 1.29 is 28.6 Å². The van der Waals surface area contributed by atoms with Crippen molar-refractivity contribution in [2.24, 2.45) is 11.8 Å². The third-order valence-corrected chi connectivity index (χ3v) is 15.3. The van der Waals surface area contributed by atoms with Crippen molar-refractivity contribution in [3.05, 3.63) is 0 Å². The number of hydrogen-bond donors (Lipinski definition) is 0. The van der Waals surface area contributed by atoms with Gasteiger partial charge in [0, 0.05) is 19.3 Å². The van der Waals surface area contributed by atoms with Gasteiger partial charge in [-0.05, 0) is 31.1 Å². The molecule has 0 aromatic rings. The smallest absolute Gasteiger partial charge is 0.306 e. The lowest BCUT2D eigenvalue weighted by molar-refractivity contribution is -0.167. The van der Waals surface area contributed by atoms with Crippen molar-refractivity contribution in [2.75, 3.05) is 13.2 Å². The van der Waals surface area contributed by atoms with E-state index in [4.69, 9.17) is 14.2 Å². The van der Waals surface area contributed by atoms with Crippen molar-refractivity contribution in [1.29, 1.82) is 0 Å². The van der Waals surface area contributed by atoms with Crippen LogP contribution in [0.5, 0.6) is 0 Å². The highest BCUT2D eigenvalue weighted by Crippen LogP contribution is 2.19. The molecule has 0 aromatic carbocycles. The number of ether oxygens (including phenoxy) is 3. The second kappa shape index (κ2) is 57.7. The van der Waals surface area contributed by atoms with Gasteiger partial charge < -0.3 is 14.2 Å². The minimum absolute atomic E-state index is 0.0618. The van der Waals surface area contributed by atoms with Gasteiger partial charge in [0.15, 0.2) is 6.10 Å². The fraction of sp³-hybridized carbons (Fsp3) is 0.954. The van der Waals surface area contributed by atoms with Gasteiger partial charge in [0.2, 0.25) is 0 Å². The Kier molecular flexibility index (Phi) is 56.4. The molecule has 6 heteroatoms. The molecule has 1 unspecified atom stereocenters. The number of carbonyl (C=O) groups is 3. The Hall–Kier alpha value is -1.59. The topological polar surface area (TPSA) is 78.9 Å². The first-order valence-corrected chi connectivity index (χ1v) is 32.3. The molecule has 0 saturated carbocycles. The molecule has 0 aliphatic heterocycles. The summed E-state index contributed by atoms with van der Waals surface area (Å²) in [6.45, 7) is 11.5. The lowest BCUT2D eigenvalue weighted by atomic mass is 9.99. The van der Waals surface area contributed by atoms with Gasteiger partial charge in [0.25, 0.3) is 0 Å². The highest BCUT2D eigenvalue weighted by atomic mass is 16.6. The van der Waals surface area contributed by atoms with Gasteiger partial charge in [-0.1, -0.05) is 330 Å². The molecule has 422 valence electrons. The van der Waals surface area contributed by atoms with Gasteiger partial charge in [0.05, 0.1) is 0 Å². The molecule has 0 bridgehead atoms. The van der Waals surface area contributed by atoms with Crippen molar-refractivity contribution in [3.63, 3.8) is 0 Å². The Bertz CT molecular complexity index is 1090. The molecule has 0 aliphatic rings. The van der Waals surface area contributed by atoms with E-state index in [-0.39, 0.29) is 31.1 Å². The summed E-state index contributed by atoms with van der Waals surface area (Å²) in [5.41, 5.74) is 0. The van der Waals surface area contributed by atoms with Crippen LogP contribution in [-0.2, 0) is 28.6 Å². The van der Waals surface area contributed by atoms with Crippen LogP contribution in [0, 0.1) is 11.8 Å². The van der Waals surface area contributed by atoms with E-state index in [0.717, 1.165) is 69.6 Å². The maximum absolute atomic E-state index is 12.9. The minimum Gasteiger partial charge on any atom is -0.462 e. The summed E-state index contributed by atoms with van der Waals surface area (Å²) in [6, 6.07) is 0. The molecule has 0 spiro atoms. The van der Waals surface area contributed by atoms with E-state index in [0.29, 0.717) is 19.3 Å². The average molecular weight is 1000 g/mol. The molecule has 0 saturated heterocycles. The molecular weight excluding hydrogens is 877 g/mol. The third kappa shape index (κ3) is 57.5. The Labute approximate surface area is 444 Å². The van der Waals surface area contributed by atoms with Crippen LogP contribution in [0.15, 0.2) is 0 Å². The Morgan fingerprint density at radius 1 is 0.296 bits per heavy atom. The van der Waals surface area contributed by atoms with Crippen LogP contribution < -0.4 is 0 Å². The first kappa shape index (κ1) is 69.4. The number of hydrogen-bond acceptors (Lipinski definition) is 6. The molecule has 71 heavy (non-hydrogen) atoms. The Balaban J connectivity index is 4.23. The zero-order chi connectivity index (χ0) is 51.8. The first-order valence-electron chi connectivity index (χ1n) is 32.3. The first-order chi connectivity index (χ1) is 34.8. The van der Waals surface area contributed by atoms with E-state index >= 15 is 0 Å². The monoisotopic (exact) mass is 1000 g/mol. The maximum atomic E-state index is 12.9. The van der Waals surface area contributed by atoms with Crippen LogP contribution in [0.4, 0.5) is 0 Å². The van der Waals surface area contributed by atoms with Gasteiger partial charge in [-0.2, -0.15) is 0 Å². The average Bonchev–Trinajstić information content (AvgIpc) is 3.36. The van der Waals surface area contributed by atoms with Crippen LogP contribution in [0.25, 0.3) is 0 Å². The normalized spacial score (nSPS) is 12.4. The second-order valence-electron chi connectivity index (χ2n) is 23.1. The van der Waals surface area contributed by atoms with Gasteiger partial charge in [-0.3, -0.25) is 14.4 Å². The van der Waals surface area contributed by atoms with Crippen molar-refractivity contribution in [1.82, 2.24) is 0 Å². The van der Waals surface area contributed by atoms with E-state index in [9.17, 15) is 14.4 Å². The lowest BCUT2D eigenvalue weighted by Gasteiger charge is -2.18. The molecule has 0 N–H and O–H groups in total. The quantitative estimate of drug-likeness (QED) is 0.0343. The Morgan fingerprint density at radius 3 is 0.803 bits per heavy atom. The summed E-state index contributed by atoms with van der Waals surface area (Å²) in [7, 11) is 0. The van der Waals surface area contributed by atoms with Crippen LogP contribution in [0.1, 0.15) is 369 Å². The lowest BCUT2D eigenvalue weighted by Crippen LogP contribution is -2.30. The molecule has 6 nitrogen and oxygen atoms in total. The predicted octanol–water partition coefficient (Wildman–Crippen LogP) is 21.6. The number of esters is 3. The summed E-state index contributed by atoms with van der Waals surface area (Å²) >= 11 is 0. The molecule has 0 radical (unpaired) electrons. The SMILES string of the molecule is CCCCCCCCCCCCCCC(=O)OC[C@H](COC(=O)CCCCCCCCCCCCCCCCCCC(C)C)OC(=O)CCCCCCCCCCCCCCCCCCCCC(C)CC.